The van der Waals surface area contributed by atoms with Gasteiger partial charge in [-0.2, -0.15) is 0 Å². The van der Waals surface area contributed by atoms with Crippen LogP contribution in [-0.2, 0) is 32.6 Å². The van der Waals surface area contributed by atoms with E-state index in [4.69, 9.17) is 23.2 Å². The van der Waals surface area contributed by atoms with Crippen molar-refractivity contribution in [2.75, 3.05) is 24.2 Å². The third-order valence-electron chi connectivity index (χ3n) is 5.29. The Labute approximate surface area is 205 Å². The first-order valence-electron chi connectivity index (χ1n) is 10.5. The largest absolute Gasteiger partial charge is 0.357 e. The minimum absolute atomic E-state index is 0.0642. The van der Waals surface area contributed by atoms with Crippen LogP contribution in [0.4, 0.5) is 5.69 Å². The molecule has 0 spiro atoms. The monoisotopic (exact) mass is 513 g/mol. The lowest BCUT2D eigenvalue weighted by Crippen LogP contribution is -2.51. The van der Waals surface area contributed by atoms with Gasteiger partial charge in [-0.1, -0.05) is 61.3 Å². The maximum atomic E-state index is 13.5. The van der Waals surface area contributed by atoms with Gasteiger partial charge in [0, 0.05) is 13.6 Å². The zero-order valence-corrected chi connectivity index (χ0v) is 21.5. The summed E-state index contributed by atoms with van der Waals surface area (Å²) in [7, 11) is -2.28. The fraction of sp³-hybridized carbons (Fsp3) is 0.391. The maximum Gasteiger partial charge on any atom is 0.244 e. The molecule has 0 saturated carbocycles. The number of rotatable bonds is 10. The molecule has 2 aromatic carbocycles. The number of para-hydroxylation sites is 1. The van der Waals surface area contributed by atoms with Crippen molar-refractivity contribution in [1.82, 2.24) is 10.2 Å². The molecule has 2 rings (SSSR count). The average molecular weight is 514 g/mol. The number of benzene rings is 2. The van der Waals surface area contributed by atoms with Gasteiger partial charge in [-0.25, -0.2) is 8.42 Å². The van der Waals surface area contributed by atoms with E-state index in [1.54, 1.807) is 37.3 Å². The van der Waals surface area contributed by atoms with Gasteiger partial charge in [-0.15, -0.1) is 0 Å². The van der Waals surface area contributed by atoms with E-state index in [-0.39, 0.29) is 12.5 Å². The van der Waals surface area contributed by atoms with Gasteiger partial charge in [0.15, 0.2) is 0 Å². The Morgan fingerprint density at radius 1 is 1.06 bits per heavy atom. The number of halogens is 2. The molecule has 1 N–H and O–H groups in total. The molecule has 33 heavy (non-hydrogen) atoms. The van der Waals surface area contributed by atoms with Gasteiger partial charge in [0.2, 0.25) is 21.8 Å². The molecule has 0 heterocycles. The molecule has 0 unspecified atom stereocenters. The molecule has 180 valence electrons. The number of carbonyl (C=O) groups excluding carboxylic acids is 2. The molecule has 0 aliphatic heterocycles. The lowest BCUT2D eigenvalue weighted by molar-refractivity contribution is -0.140. The Balaban J connectivity index is 2.48. The van der Waals surface area contributed by atoms with E-state index in [1.165, 1.54) is 11.9 Å². The van der Waals surface area contributed by atoms with Crippen LogP contribution in [0.3, 0.4) is 0 Å². The van der Waals surface area contributed by atoms with E-state index in [0.717, 1.165) is 16.1 Å². The number of carbonyl (C=O) groups is 2. The number of hydrogen-bond donors (Lipinski definition) is 1. The summed E-state index contributed by atoms with van der Waals surface area (Å²) in [5, 5.41) is 3.27. The van der Waals surface area contributed by atoms with Gasteiger partial charge in [0.25, 0.3) is 0 Å². The molecule has 0 aliphatic rings. The van der Waals surface area contributed by atoms with Crippen molar-refractivity contribution in [3.8, 4) is 0 Å². The summed E-state index contributed by atoms with van der Waals surface area (Å²) in [4.78, 5) is 27.5. The third kappa shape index (κ3) is 6.85. The van der Waals surface area contributed by atoms with E-state index >= 15 is 0 Å². The van der Waals surface area contributed by atoms with Crippen LogP contribution >= 0.6 is 23.2 Å². The van der Waals surface area contributed by atoms with Crippen LogP contribution < -0.4 is 9.62 Å². The summed E-state index contributed by atoms with van der Waals surface area (Å²) >= 11 is 12.1. The molecule has 1 atom stereocenters. The van der Waals surface area contributed by atoms with Crippen LogP contribution in [0.5, 0.6) is 0 Å². The van der Waals surface area contributed by atoms with Crippen molar-refractivity contribution >= 4 is 50.7 Å². The molecule has 7 nitrogen and oxygen atoms in total. The third-order valence-corrected chi connectivity index (χ3v) is 7.16. The highest BCUT2D eigenvalue weighted by Gasteiger charge is 2.31. The van der Waals surface area contributed by atoms with Gasteiger partial charge < -0.3 is 10.2 Å². The number of anilines is 1. The number of likely N-dealkylation sites (N-methyl/N-ethyl adjacent to an activating group) is 1. The molecule has 0 aromatic heterocycles. The summed E-state index contributed by atoms with van der Waals surface area (Å²) in [6, 6.07) is 11.2. The Hall–Kier alpha value is -2.29. The van der Waals surface area contributed by atoms with Gasteiger partial charge >= 0.3 is 0 Å². The number of sulfonamides is 1. The highest BCUT2D eigenvalue weighted by Crippen LogP contribution is 2.26. The molecule has 0 bridgehead atoms. The normalized spacial score (nSPS) is 12.2. The van der Waals surface area contributed by atoms with Crippen LogP contribution in [0, 0.1) is 0 Å². The molecule has 0 saturated heterocycles. The standard InChI is InChI=1S/C23H29Cl2N3O4S/c1-5-17-9-7-8-10-21(17)28(33(4,31)32)15-22(29)27(20(6-2)23(30)26-3)14-16-11-12-18(24)19(25)13-16/h7-13,20H,5-6,14-15H2,1-4H3,(H,26,30)/t20-/m0/s1. The first kappa shape index (κ1) is 27.0. The first-order valence-corrected chi connectivity index (χ1v) is 13.1. The smallest absolute Gasteiger partial charge is 0.244 e. The summed E-state index contributed by atoms with van der Waals surface area (Å²) in [6.45, 7) is 3.32. The molecule has 2 amide bonds. The highest BCUT2D eigenvalue weighted by molar-refractivity contribution is 7.92. The van der Waals surface area contributed by atoms with Gasteiger partial charge in [-0.3, -0.25) is 13.9 Å². The van der Waals surface area contributed by atoms with Crippen LogP contribution in [-0.4, -0.2) is 51.0 Å². The SMILES string of the molecule is CCc1ccccc1N(CC(=O)N(Cc1ccc(Cl)c(Cl)c1)[C@@H](CC)C(=O)NC)S(C)(=O)=O. The number of amides is 2. The summed E-state index contributed by atoms with van der Waals surface area (Å²) in [6.07, 6.45) is 2.00. The average Bonchev–Trinajstić information content (AvgIpc) is 2.78. The predicted octanol–water partition coefficient (Wildman–Crippen LogP) is 3.88. The summed E-state index contributed by atoms with van der Waals surface area (Å²) < 4.78 is 26.4. The second-order valence-corrected chi connectivity index (χ2v) is 10.3. The lowest BCUT2D eigenvalue weighted by atomic mass is 10.1. The van der Waals surface area contributed by atoms with Gasteiger partial charge in [0.05, 0.1) is 22.0 Å². The number of nitrogens with zero attached hydrogens (tertiary/aromatic N) is 2. The van der Waals surface area contributed by atoms with Gasteiger partial charge in [0.1, 0.15) is 12.6 Å². The fourth-order valence-electron chi connectivity index (χ4n) is 3.57. The molecule has 2 aromatic rings. The number of hydrogen-bond acceptors (Lipinski definition) is 4. The Bertz CT molecular complexity index is 1110. The fourth-order valence-corrected chi connectivity index (χ4v) is 4.77. The molecular formula is C23H29Cl2N3O4S. The minimum Gasteiger partial charge on any atom is -0.357 e. The Morgan fingerprint density at radius 2 is 1.73 bits per heavy atom. The van der Waals surface area contributed by atoms with Crippen molar-refractivity contribution < 1.29 is 18.0 Å². The highest BCUT2D eigenvalue weighted by atomic mass is 35.5. The molecule has 0 fully saturated rings. The first-order chi connectivity index (χ1) is 15.5. The zero-order chi connectivity index (χ0) is 24.8. The molecular weight excluding hydrogens is 485 g/mol. The van der Waals surface area contributed by atoms with Crippen LogP contribution in [0.15, 0.2) is 42.5 Å². The Kier molecular flexibility index (Phi) is 9.57. The predicted molar refractivity (Wildman–Crippen MR) is 133 cm³/mol. The van der Waals surface area contributed by atoms with Gasteiger partial charge in [-0.05, 0) is 42.2 Å². The van der Waals surface area contributed by atoms with Crippen LogP contribution in [0.25, 0.3) is 0 Å². The maximum absolute atomic E-state index is 13.5. The second-order valence-electron chi connectivity index (χ2n) is 7.56. The van der Waals surface area contributed by atoms with E-state index in [0.29, 0.717) is 34.1 Å². The van der Waals surface area contributed by atoms with Crippen molar-refractivity contribution in [2.24, 2.45) is 0 Å². The summed E-state index contributed by atoms with van der Waals surface area (Å²) in [5.74, 6) is -0.848. The van der Waals surface area contributed by atoms with Crippen LogP contribution in [0.1, 0.15) is 31.4 Å². The zero-order valence-electron chi connectivity index (χ0n) is 19.1. The van der Waals surface area contributed by atoms with E-state index < -0.39 is 28.5 Å². The number of nitrogens with one attached hydrogen (secondary N) is 1. The minimum atomic E-state index is -3.78. The Morgan fingerprint density at radius 3 is 2.27 bits per heavy atom. The second kappa shape index (κ2) is 11.7. The van der Waals surface area contributed by atoms with E-state index in [2.05, 4.69) is 5.32 Å². The van der Waals surface area contributed by atoms with Crippen molar-refractivity contribution in [3.05, 3.63) is 63.6 Å². The molecule has 0 aliphatic carbocycles. The topological polar surface area (TPSA) is 86.8 Å². The van der Waals surface area contributed by atoms with E-state index in [9.17, 15) is 18.0 Å². The molecule has 10 heteroatoms. The lowest BCUT2D eigenvalue weighted by Gasteiger charge is -2.33. The summed E-state index contributed by atoms with van der Waals surface area (Å²) in [5.41, 5.74) is 1.91. The van der Waals surface area contributed by atoms with Crippen LogP contribution in [0.2, 0.25) is 10.0 Å². The quantitative estimate of drug-likeness (QED) is 0.522. The number of aryl methyl sites for hydroxylation is 1. The van der Waals surface area contributed by atoms with Crippen molar-refractivity contribution in [1.29, 1.82) is 0 Å². The molecule has 0 radical (unpaired) electrons. The van der Waals surface area contributed by atoms with Crippen molar-refractivity contribution in [2.45, 2.75) is 39.3 Å². The van der Waals surface area contributed by atoms with E-state index in [1.807, 2.05) is 19.1 Å². The van der Waals surface area contributed by atoms with Crippen molar-refractivity contribution in [3.63, 3.8) is 0 Å².